The maximum Gasteiger partial charge on any atom is 0.276 e. The highest BCUT2D eigenvalue weighted by atomic mass is 35.5. The van der Waals surface area contributed by atoms with Crippen LogP contribution in [0.15, 0.2) is 73.1 Å². The number of para-hydroxylation sites is 1. The molecule has 0 bridgehead atoms. The molecule has 2 aromatic heterocycles. The summed E-state index contributed by atoms with van der Waals surface area (Å²) in [6.45, 7) is 0.0258. The molecule has 0 atom stereocenters. The lowest BCUT2D eigenvalue weighted by molar-refractivity contribution is 0.0998. The van der Waals surface area contributed by atoms with Crippen molar-refractivity contribution in [1.82, 2.24) is 19.6 Å². The largest absolute Gasteiger partial charge is 0.470 e. The Hall–Kier alpha value is -4.11. The third kappa shape index (κ3) is 4.96. The van der Waals surface area contributed by atoms with Gasteiger partial charge in [0.1, 0.15) is 11.4 Å². The zero-order valence-electron chi connectivity index (χ0n) is 17.0. The van der Waals surface area contributed by atoms with Crippen molar-refractivity contribution in [1.29, 1.82) is 0 Å². The molecule has 2 aromatic carbocycles. The maximum absolute atomic E-state index is 12.7. The number of amides is 2. The highest BCUT2D eigenvalue weighted by Crippen LogP contribution is 2.23. The minimum absolute atomic E-state index is 0.0258. The van der Waals surface area contributed by atoms with E-state index in [4.69, 9.17) is 16.3 Å². The van der Waals surface area contributed by atoms with Gasteiger partial charge in [0.05, 0.1) is 5.02 Å². The Balaban J connectivity index is 1.36. The number of hydrogen-bond donors (Lipinski definition) is 2. The van der Waals surface area contributed by atoms with Gasteiger partial charge in [-0.1, -0.05) is 23.7 Å². The zero-order chi connectivity index (χ0) is 22.5. The van der Waals surface area contributed by atoms with Gasteiger partial charge in [-0.3, -0.25) is 14.3 Å². The number of benzene rings is 2. The molecule has 2 N–H and O–H groups in total. The number of nitrogens with one attached hydrogen (secondary N) is 2. The molecule has 0 unspecified atom stereocenters. The zero-order valence-corrected chi connectivity index (χ0v) is 17.8. The molecule has 0 aliphatic rings. The van der Waals surface area contributed by atoms with Crippen molar-refractivity contribution >= 4 is 34.8 Å². The van der Waals surface area contributed by atoms with Gasteiger partial charge in [0.25, 0.3) is 11.8 Å². The van der Waals surface area contributed by atoms with Gasteiger partial charge in [-0.15, -0.1) is 0 Å². The van der Waals surface area contributed by atoms with Gasteiger partial charge in [-0.25, -0.2) is 4.68 Å². The van der Waals surface area contributed by atoms with Crippen LogP contribution in [0.5, 0.6) is 5.75 Å². The summed E-state index contributed by atoms with van der Waals surface area (Å²) in [5, 5.41) is 14.2. The van der Waals surface area contributed by atoms with Gasteiger partial charge < -0.3 is 15.4 Å². The fourth-order valence-electron chi connectivity index (χ4n) is 2.88. The standard InChI is InChI=1S/C22H19ClN6O3/c1-28-13-11-18(27-28)21(30)25-15-6-8-16(9-7-15)26-22(31)19-10-12-24-29(19)14-32-20-5-3-2-4-17(20)23/h2-13H,14H2,1H3,(H,25,30)(H,26,31). The molecule has 2 amide bonds. The summed E-state index contributed by atoms with van der Waals surface area (Å²) in [6.07, 6.45) is 3.21. The van der Waals surface area contributed by atoms with Crippen molar-refractivity contribution in [2.45, 2.75) is 6.73 Å². The number of rotatable bonds is 7. The summed E-state index contributed by atoms with van der Waals surface area (Å²) in [5.74, 6) is -0.167. The quantitative estimate of drug-likeness (QED) is 0.445. The third-order valence-electron chi connectivity index (χ3n) is 4.48. The Labute approximate surface area is 188 Å². The van der Waals surface area contributed by atoms with Crippen LogP contribution in [0.1, 0.15) is 21.0 Å². The molecule has 32 heavy (non-hydrogen) atoms. The van der Waals surface area contributed by atoms with E-state index in [1.54, 1.807) is 78.6 Å². The number of nitrogens with zero attached hydrogens (tertiary/aromatic N) is 4. The lowest BCUT2D eigenvalue weighted by atomic mass is 10.2. The summed E-state index contributed by atoms with van der Waals surface area (Å²) in [6, 6.07) is 17.0. The predicted octanol–water partition coefficient (Wildman–Crippen LogP) is 3.81. The molecule has 2 heterocycles. The van der Waals surface area contributed by atoms with Crippen LogP contribution in [0, 0.1) is 0 Å². The average molecular weight is 451 g/mol. The van der Waals surface area contributed by atoms with Crippen LogP contribution in [-0.2, 0) is 13.8 Å². The van der Waals surface area contributed by atoms with E-state index in [9.17, 15) is 9.59 Å². The topological polar surface area (TPSA) is 103 Å². The number of aromatic nitrogens is 4. The first-order valence-electron chi connectivity index (χ1n) is 9.61. The Bertz CT molecular complexity index is 1250. The predicted molar refractivity (Wildman–Crippen MR) is 120 cm³/mol. The summed E-state index contributed by atoms with van der Waals surface area (Å²) in [5.41, 5.74) is 1.78. The highest BCUT2D eigenvalue weighted by molar-refractivity contribution is 6.32. The van der Waals surface area contributed by atoms with E-state index in [-0.39, 0.29) is 18.5 Å². The molecule has 0 saturated carbocycles. The molecule has 0 fully saturated rings. The molecule has 4 rings (SSSR count). The van der Waals surface area contributed by atoms with Crippen LogP contribution < -0.4 is 15.4 Å². The first-order valence-corrected chi connectivity index (χ1v) is 9.99. The SMILES string of the molecule is Cn1ccc(C(=O)Nc2ccc(NC(=O)c3ccnn3COc3ccccc3Cl)cc2)n1. The molecule has 0 radical (unpaired) electrons. The molecule has 162 valence electrons. The van der Waals surface area contributed by atoms with Crippen molar-refractivity contribution in [2.75, 3.05) is 10.6 Å². The average Bonchev–Trinajstić information content (AvgIpc) is 3.43. The molecule has 0 aliphatic carbocycles. The van der Waals surface area contributed by atoms with E-state index >= 15 is 0 Å². The number of ether oxygens (including phenoxy) is 1. The molecule has 4 aromatic rings. The van der Waals surface area contributed by atoms with Crippen molar-refractivity contribution in [3.05, 3.63) is 89.5 Å². The number of aryl methyl sites for hydroxylation is 1. The van der Waals surface area contributed by atoms with Gasteiger partial charge in [0.15, 0.2) is 12.4 Å². The highest BCUT2D eigenvalue weighted by Gasteiger charge is 2.14. The van der Waals surface area contributed by atoms with E-state index < -0.39 is 0 Å². The van der Waals surface area contributed by atoms with Crippen LogP contribution in [0.2, 0.25) is 5.02 Å². The maximum atomic E-state index is 12.7. The van der Waals surface area contributed by atoms with E-state index in [2.05, 4.69) is 20.8 Å². The van der Waals surface area contributed by atoms with Crippen molar-refractivity contribution < 1.29 is 14.3 Å². The van der Waals surface area contributed by atoms with Crippen molar-refractivity contribution in [3.8, 4) is 5.75 Å². The van der Waals surface area contributed by atoms with Crippen LogP contribution in [0.25, 0.3) is 0 Å². The minimum Gasteiger partial charge on any atom is -0.470 e. The van der Waals surface area contributed by atoms with Crippen LogP contribution >= 0.6 is 11.6 Å². The molecule has 0 spiro atoms. The number of carbonyl (C=O) groups excluding carboxylic acids is 2. The fraction of sp³-hybridized carbons (Fsp3) is 0.0909. The summed E-state index contributed by atoms with van der Waals surface area (Å²) < 4.78 is 8.64. The second-order valence-electron chi connectivity index (χ2n) is 6.78. The number of anilines is 2. The lowest BCUT2D eigenvalue weighted by Gasteiger charge is -2.11. The lowest BCUT2D eigenvalue weighted by Crippen LogP contribution is -2.19. The Morgan fingerprint density at radius 3 is 2.31 bits per heavy atom. The monoisotopic (exact) mass is 450 g/mol. The Morgan fingerprint density at radius 2 is 1.66 bits per heavy atom. The summed E-state index contributed by atoms with van der Waals surface area (Å²) in [4.78, 5) is 24.9. The van der Waals surface area contributed by atoms with Crippen molar-refractivity contribution in [3.63, 3.8) is 0 Å². The van der Waals surface area contributed by atoms with Crippen LogP contribution in [0.3, 0.4) is 0 Å². The van der Waals surface area contributed by atoms with E-state index in [0.29, 0.717) is 33.5 Å². The van der Waals surface area contributed by atoms with Gasteiger partial charge in [0, 0.05) is 30.8 Å². The van der Waals surface area contributed by atoms with Crippen molar-refractivity contribution in [2.24, 2.45) is 7.05 Å². The van der Waals surface area contributed by atoms with Gasteiger partial charge in [-0.2, -0.15) is 10.2 Å². The fourth-order valence-corrected chi connectivity index (χ4v) is 3.07. The number of halogens is 1. The Kier molecular flexibility index (Phi) is 6.18. The second-order valence-corrected chi connectivity index (χ2v) is 7.19. The normalized spacial score (nSPS) is 10.6. The first-order chi connectivity index (χ1) is 15.5. The minimum atomic E-state index is -0.351. The first kappa shape index (κ1) is 21.1. The number of carbonyl (C=O) groups is 2. The number of hydrogen-bond acceptors (Lipinski definition) is 5. The smallest absolute Gasteiger partial charge is 0.276 e. The van der Waals surface area contributed by atoms with Gasteiger partial charge in [-0.05, 0) is 48.5 Å². The second kappa shape index (κ2) is 9.36. The van der Waals surface area contributed by atoms with Gasteiger partial charge >= 0.3 is 0 Å². The van der Waals surface area contributed by atoms with E-state index in [1.165, 1.54) is 10.9 Å². The summed E-state index contributed by atoms with van der Waals surface area (Å²) in [7, 11) is 1.74. The van der Waals surface area contributed by atoms with E-state index in [0.717, 1.165) is 0 Å². The molecule has 10 heteroatoms. The third-order valence-corrected chi connectivity index (χ3v) is 4.79. The van der Waals surface area contributed by atoms with E-state index in [1.807, 2.05) is 0 Å². The van der Waals surface area contributed by atoms with Crippen LogP contribution in [0.4, 0.5) is 11.4 Å². The summed E-state index contributed by atoms with van der Waals surface area (Å²) >= 11 is 6.09. The Morgan fingerprint density at radius 1 is 0.969 bits per heavy atom. The van der Waals surface area contributed by atoms with Crippen LogP contribution in [-0.4, -0.2) is 31.4 Å². The molecular weight excluding hydrogens is 432 g/mol. The van der Waals surface area contributed by atoms with Gasteiger partial charge in [0.2, 0.25) is 0 Å². The molecule has 9 nitrogen and oxygen atoms in total. The molecule has 0 aliphatic heterocycles. The molecule has 0 saturated heterocycles. The molecular formula is C22H19ClN6O3.